The molecule has 1 aliphatic rings. The molecule has 9 heteroatoms. The first-order chi connectivity index (χ1) is 15.4. The first kappa shape index (κ1) is 24.5. The Morgan fingerprint density at radius 2 is 1.78 bits per heavy atom. The highest BCUT2D eigenvalue weighted by molar-refractivity contribution is 7.89. The quantitative estimate of drug-likeness (QED) is 0.591. The van der Waals surface area contributed by atoms with E-state index in [1.807, 2.05) is 42.3 Å². The number of para-hydroxylation sites is 1. The number of nitrogens with one attached hydrogen (secondary N) is 1. The highest BCUT2D eigenvalue weighted by Gasteiger charge is 2.26. The zero-order valence-corrected chi connectivity index (χ0v) is 19.9. The summed E-state index contributed by atoms with van der Waals surface area (Å²) in [4.78, 5) is 14.5. The lowest BCUT2D eigenvalue weighted by Gasteiger charge is -2.21. The molecule has 0 spiro atoms. The summed E-state index contributed by atoms with van der Waals surface area (Å²) >= 11 is 6.23. The SMILES string of the molecule is CN(CCOc1ccccc1)CC(=O)Nc1cc(S(=O)(=O)N2CCCCCC2)ccc1Cl. The molecule has 1 saturated heterocycles. The lowest BCUT2D eigenvalue weighted by atomic mass is 10.2. The monoisotopic (exact) mass is 479 g/mol. The molecule has 0 aromatic heterocycles. The van der Waals surface area contributed by atoms with Gasteiger partial charge in [0.15, 0.2) is 0 Å². The molecule has 32 heavy (non-hydrogen) atoms. The molecular formula is C23H30ClN3O4S. The lowest BCUT2D eigenvalue weighted by Crippen LogP contribution is -2.33. The average molecular weight is 480 g/mol. The molecule has 1 heterocycles. The number of rotatable bonds is 9. The number of benzene rings is 2. The van der Waals surface area contributed by atoms with Gasteiger partial charge in [0.1, 0.15) is 12.4 Å². The van der Waals surface area contributed by atoms with Gasteiger partial charge >= 0.3 is 0 Å². The minimum Gasteiger partial charge on any atom is -0.492 e. The van der Waals surface area contributed by atoms with E-state index < -0.39 is 10.0 Å². The molecule has 2 aromatic carbocycles. The van der Waals surface area contributed by atoms with Gasteiger partial charge in [0.05, 0.1) is 22.2 Å². The number of carbonyl (C=O) groups excluding carboxylic acids is 1. The van der Waals surface area contributed by atoms with Crippen molar-refractivity contribution in [3.8, 4) is 5.75 Å². The maximum Gasteiger partial charge on any atom is 0.243 e. The zero-order valence-electron chi connectivity index (χ0n) is 18.3. The number of halogens is 1. The summed E-state index contributed by atoms with van der Waals surface area (Å²) in [5, 5.41) is 3.04. The second-order valence-corrected chi connectivity index (χ2v) is 10.3. The van der Waals surface area contributed by atoms with Crippen molar-refractivity contribution in [3.63, 3.8) is 0 Å². The van der Waals surface area contributed by atoms with Crippen LogP contribution in [0.15, 0.2) is 53.4 Å². The predicted molar refractivity (Wildman–Crippen MR) is 127 cm³/mol. The number of ether oxygens (including phenoxy) is 1. The number of nitrogens with zero attached hydrogens (tertiary/aromatic N) is 2. The van der Waals surface area contributed by atoms with Gasteiger partial charge in [-0.1, -0.05) is 42.6 Å². The fourth-order valence-corrected chi connectivity index (χ4v) is 5.25. The molecule has 1 fully saturated rings. The first-order valence-electron chi connectivity index (χ1n) is 10.8. The molecule has 174 valence electrons. The molecule has 0 atom stereocenters. The van der Waals surface area contributed by atoms with Crippen LogP contribution in [0.3, 0.4) is 0 Å². The highest BCUT2D eigenvalue weighted by Crippen LogP contribution is 2.28. The fraction of sp³-hybridized carbons (Fsp3) is 0.435. The summed E-state index contributed by atoms with van der Waals surface area (Å²) < 4.78 is 33.3. The number of amides is 1. The molecule has 1 amide bonds. The summed E-state index contributed by atoms with van der Waals surface area (Å²) in [6, 6.07) is 13.9. The van der Waals surface area contributed by atoms with E-state index in [0.717, 1.165) is 31.4 Å². The molecule has 1 N–H and O–H groups in total. The smallest absolute Gasteiger partial charge is 0.243 e. The summed E-state index contributed by atoms with van der Waals surface area (Å²) in [6.45, 7) is 2.15. The van der Waals surface area contributed by atoms with E-state index >= 15 is 0 Å². The Hall–Kier alpha value is -2.13. The second kappa shape index (κ2) is 11.7. The average Bonchev–Trinajstić information content (AvgIpc) is 3.06. The molecule has 0 unspecified atom stereocenters. The van der Waals surface area contributed by atoms with Crippen molar-refractivity contribution in [2.75, 3.05) is 45.2 Å². The van der Waals surface area contributed by atoms with Crippen LogP contribution in [-0.2, 0) is 14.8 Å². The minimum atomic E-state index is -3.63. The Morgan fingerprint density at radius 3 is 2.47 bits per heavy atom. The van der Waals surface area contributed by atoms with Crippen molar-refractivity contribution >= 4 is 33.2 Å². The van der Waals surface area contributed by atoms with Gasteiger partial charge in [-0.15, -0.1) is 0 Å². The van der Waals surface area contributed by atoms with Gasteiger partial charge < -0.3 is 10.1 Å². The number of sulfonamides is 1. The number of carbonyl (C=O) groups is 1. The predicted octanol–water partition coefficient (Wildman–Crippen LogP) is 3.85. The molecule has 0 aliphatic carbocycles. The van der Waals surface area contributed by atoms with Crippen LogP contribution < -0.4 is 10.1 Å². The van der Waals surface area contributed by atoms with Crippen molar-refractivity contribution in [2.45, 2.75) is 30.6 Å². The topological polar surface area (TPSA) is 79.0 Å². The maximum atomic E-state index is 13.1. The van der Waals surface area contributed by atoms with E-state index in [0.29, 0.717) is 37.0 Å². The summed E-state index contributed by atoms with van der Waals surface area (Å²) in [5.41, 5.74) is 0.293. The van der Waals surface area contributed by atoms with Crippen LogP contribution in [0.2, 0.25) is 5.02 Å². The molecule has 0 bridgehead atoms. The van der Waals surface area contributed by atoms with E-state index in [1.54, 1.807) is 0 Å². The second-order valence-electron chi connectivity index (χ2n) is 7.91. The van der Waals surface area contributed by atoms with Crippen molar-refractivity contribution < 1.29 is 17.9 Å². The molecule has 2 aromatic rings. The molecule has 3 rings (SSSR count). The van der Waals surface area contributed by atoms with Crippen LogP contribution in [0, 0.1) is 0 Å². The van der Waals surface area contributed by atoms with Crippen LogP contribution in [0.4, 0.5) is 5.69 Å². The number of anilines is 1. The van der Waals surface area contributed by atoms with Gasteiger partial charge in [0.2, 0.25) is 15.9 Å². The lowest BCUT2D eigenvalue weighted by molar-refractivity contribution is -0.117. The third kappa shape index (κ3) is 6.93. The van der Waals surface area contributed by atoms with Crippen molar-refractivity contribution in [3.05, 3.63) is 53.6 Å². The van der Waals surface area contributed by atoms with Gasteiger partial charge in [-0.2, -0.15) is 4.31 Å². The van der Waals surface area contributed by atoms with Crippen LogP contribution in [0.25, 0.3) is 0 Å². The summed E-state index contributed by atoms with van der Waals surface area (Å²) in [7, 11) is -1.81. The Bertz CT molecular complexity index is 994. The first-order valence-corrected chi connectivity index (χ1v) is 12.6. The minimum absolute atomic E-state index is 0.123. The van der Waals surface area contributed by atoms with Crippen LogP contribution in [0.1, 0.15) is 25.7 Å². The van der Waals surface area contributed by atoms with E-state index in [9.17, 15) is 13.2 Å². The van der Waals surface area contributed by atoms with Crippen molar-refractivity contribution in [1.82, 2.24) is 9.21 Å². The largest absolute Gasteiger partial charge is 0.492 e. The summed E-state index contributed by atoms with van der Waals surface area (Å²) in [6.07, 6.45) is 3.79. The van der Waals surface area contributed by atoms with E-state index in [2.05, 4.69) is 5.32 Å². The third-order valence-electron chi connectivity index (χ3n) is 5.31. The van der Waals surface area contributed by atoms with E-state index in [-0.39, 0.29) is 17.3 Å². The standard InChI is InChI=1S/C23H30ClN3O4S/c1-26(15-16-31-19-9-5-4-6-10-19)18-23(28)25-22-17-20(11-12-21(22)24)32(29,30)27-13-7-2-3-8-14-27/h4-6,9-12,17H,2-3,7-8,13-16,18H2,1H3,(H,25,28). The van der Waals surface area contributed by atoms with Crippen LogP contribution in [-0.4, -0.2) is 63.4 Å². The molecule has 0 saturated carbocycles. The summed E-state index contributed by atoms with van der Waals surface area (Å²) in [5.74, 6) is 0.498. The zero-order chi connectivity index (χ0) is 23.0. The Labute approximate surface area is 195 Å². The molecule has 0 radical (unpaired) electrons. The van der Waals surface area contributed by atoms with Gasteiger partial charge in [0.25, 0.3) is 0 Å². The maximum absolute atomic E-state index is 13.1. The highest BCUT2D eigenvalue weighted by atomic mass is 35.5. The van der Waals surface area contributed by atoms with Crippen molar-refractivity contribution in [1.29, 1.82) is 0 Å². The molecule has 1 aliphatic heterocycles. The van der Waals surface area contributed by atoms with Crippen molar-refractivity contribution in [2.24, 2.45) is 0 Å². The van der Waals surface area contributed by atoms with Crippen LogP contribution in [0.5, 0.6) is 5.75 Å². The molecule has 7 nitrogen and oxygen atoms in total. The van der Waals surface area contributed by atoms with E-state index in [4.69, 9.17) is 16.3 Å². The number of likely N-dealkylation sites (N-methyl/N-ethyl adjacent to an activating group) is 1. The van der Waals surface area contributed by atoms with Gasteiger partial charge in [0, 0.05) is 19.6 Å². The van der Waals surface area contributed by atoms with Gasteiger partial charge in [-0.3, -0.25) is 9.69 Å². The fourth-order valence-electron chi connectivity index (χ4n) is 3.54. The number of hydrogen-bond donors (Lipinski definition) is 1. The van der Waals surface area contributed by atoms with Gasteiger partial charge in [-0.05, 0) is 50.2 Å². The number of hydrogen-bond acceptors (Lipinski definition) is 5. The normalized spacial score (nSPS) is 15.3. The molecular weight excluding hydrogens is 450 g/mol. The van der Waals surface area contributed by atoms with Gasteiger partial charge in [-0.25, -0.2) is 8.42 Å². The Morgan fingerprint density at radius 1 is 1.09 bits per heavy atom. The Kier molecular flexibility index (Phi) is 8.92. The third-order valence-corrected chi connectivity index (χ3v) is 7.54. The van der Waals surface area contributed by atoms with E-state index in [1.165, 1.54) is 22.5 Å². The Balaban J connectivity index is 1.57. The van der Waals surface area contributed by atoms with Crippen LogP contribution >= 0.6 is 11.6 Å².